The molecule has 0 saturated carbocycles. The topological polar surface area (TPSA) is 108 Å². The van der Waals surface area contributed by atoms with Crippen molar-refractivity contribution >= 4 is 23.4 Å². The zero-order valence-electron chi connectivity index (χ0n) is 21.3. The number of nitrogens with zero attached hydrogens (tertiary/aromatic N) is 1. The first-order chi connectivity index (χ1) is 16.5. The summed E-state index contributed by atoms with van der Waals surface area (Å²) < 4.78 is 6.62. The highest BCUT2D eigenvalue weighted by Crippen LogP contribution is 2.63. The van der Waals surface area contributed by atoms with E-state index in [0.717, 1.165) is 25.7 Å². The molecule has 1 spiro atoms. The molecule has 1 aromatic carbocycles. The summed E-state index contributed by atoms with van der Waals surface area (Å²) in [4.78, 5) is 42.8. The minimum atomic E-state index is -1.01. The number of carbonyl (C=O) groups excluding carboxylic acids is 3. The van der Waals surface area contributed by atoms with Gasteiger partial charge >= 0.3 is 0 Å². The van der Waals surface area contributed by atoms with Crippen LogP contribution in [0.2, 0.25) is 0 Å². The number of likely N-dealkylation sites (tertiary alicyclic amines) is 1. The first-order valence-corrected chi connectivity index (χ1v) is 12.8. The molecule has 3 heterocycles. The average molecular weight is 486 g/mol. The summed E-state index contributed by atoms with van der Waals surface area (Å²) >= 11 is 0. The summed E-state index contributed by atoms with van der Waals surface area (Å²) in [6, 6.07) is 8.44. The van der Waals surface area contributed by atoms with Gasteiger partial charge in [-0.15, -0.1) is 0 Å². The van der Waals surface area contributed by atoms with Crippen LogP contribution in [-0.2, 0) is 19.1 Å². The molecule has 0 radical (unpaired) electrons. The Bertz CT molecular complexity index is 961. The molecule has 2 bridgehead atoms. The van der Waals surface area contributed by atoms with Crippen LogP contribution < -0.4 is 10.6 Å². The van der Waals surface area contributed by atoms with Crippen molar-refractivity contribution in [3.63, 3.8) is 0 Å². The molecular formula is C27H39N3O5. The molecule has 35 heavy (non-hydrogen) atoms. The van der Waals surface area contributed by atoms with Gasteiger partial charge in [0.15, 0.2) is 0 Å². The Morgan fingerprint density at radius 3 is 2.43 bits per heavy atom. The summed E-state index contributed by atoms with van der Waals surface area (Å²) in [5.74, 6) is -2.00. The minimum Gasteiger partial charge on any atom is -0.396 e. The van der Waals surface area contributed by atoms with E-state index in [4.69, 9.17) is 9.84 Å². The van der Waals surface area contributed by atoms with Gasteiger partial charge in [0, 0.05) is 24.4 Å². The highest BCUT2D eigenvalue weighted by atomic mass is 16.5. The fraction of sp³-hybridized carbons (Fsp3) is 0.667. The van der Waals surface area contributed by atoms with Crippen LogP contribution in [0.5, 0.6) is 0 Å². The fourth-order valence-electron chi connectivity index (χ4n) is 6.29. The molecule has 3 aliphatic rings. The Labute approximate surface area is 207 Å². The van der Waals surface area contributed by atoms with Crippen molar-refractivity contribution in [2.45, 2.75) is 89.0 Å². The van der Waals surface area contributed by atoms with Crippen LogP contribution in [0.15, 0.2) is 30.3 Å². The molecule has 3 aliphatic heterocycles. The molecule has 8 heteroatoms. The van der Waals surface area contributed by atoms with Gasteiger partial charge in [0.25, 0.3) is 0 Å². The van der Waals surface area contributed by atoms with Gasteiger partial charge in [-0.1, -0.05) is 31.0 Å². The largest absolute Gasteiger partial charge is 0.396 e. The van der Waals surface area contributed by atoms with E-state index in [2.05, 4.69) is 10.6 Å². The van der Waals surface area contributed by atoms with Gasteiger partial charge in [0.1, 0.15) is 11.6 Å². The van der Waals surface area contributed by atoms with E-state index in [0.29, 0.717) is 25.1 Å². The Kier molecular flexibility index (Phi) is 6.99. The van der Waals surface area contributed by atoms with Gasteiger partial charge in [-0.05, 0) is 65.5 Å². The maximum atomic E-state index is 13.9. The van der Waals surface area contributed by atoms with Crippen LogP contribution in [0.1, 0.15) is 66.2 Å². The molecule has 8 nitrogen and oxygen atoms in total. The number of fused-ring (bicyclic) bond motifs is 1. The molecule has 0 aromatic heterocycles. The number of aliphatic hydroxyl groups is 1. The molecule has 5 atom stereocenters. The summed E-state index contributed by atoms with van der Waals surface area (Å²) in [7, 11) is 0. The normalized spacial score (nSPS) is 31.5. The van der Waals surface area contributed by atoms with Crippen LogP contribution in [0.4, 0.5) is 5.69 Å². The van der Waals surface area contributed by atoms with Crippen molar-refractivity contribution in [1.82, 2.24) is 10.2 Å². The third-order valence-corrected chi connectivity index (χ3v) is 7.65. The van der Waals surface area contributed by atoms with Gasteiger partial charge in [0.2, 0.25) is 17.7 Å². The molecular weight excluding hydrogens is 446 g/mol. The molecule has 0 aliphatic carbocycles. The third-order valence-electron chi connectivity index (χ3n) is 7.65. The summed E-state index contributed by atoms with van der Waals surface area (Å²) in [5.41, 5.74) is -1.60. The number of benzene rings is 1. The molecule has 2 unspecified atom stereocenters. The number of carbonyl (C=O) groups is 3. The first kappa shape index (κ1) is 25.6. The van der Waals surface area contributed by atoms with E-state index in [9.17, 15) is 14.4 Å². The fourth-order valence-corrected chi connectivity index (χ4v) is 6.29. The number of hydrogen-bond acceptors (Lipinski definition) is 5. The number of amides is 3. The van der Waals surface area contributed by atoms with E-state index in [-0.39, 0.29) is 24.3 Å². The highest BCUT2D eigenvalue weighted by Gasteiger charge is 2.77. The van der Waals surface area contributed by atoms with E-state index in [1.807, 2.05) is 58.0 Å². The maximum absolute atomic E-state index is 13.9. The lowest BCUT2D eigenvalue weighted by Gasteiger charge is -2.35. The number of anilines is 1. The summed E-state index contributed by atoms with van der Waals surface area (Å²) in [6.45, 7) is 8.23. The lowest BCUT2D eigenvalue weighted by molar-refractivity contribution is -0.145. The predicted molar refractivity (Wildman–Crippen MR) is 132 cm³/mol. The molecule has 192 valence electrons. The van der Waals surface area contributed by atoms with Crippen molar-refractivity contribution in [3.05, 3.63) is 30.3 Å². The summed E-state index contributed by atoms with van der Waals surface area (Å²) in [5, 5.41) is 15.1. The van der Waals surface area contributed by atoms with Gasteiger partial charge in [-0.3, -0.25) is 14.4 Å². The zero-order valence-corrected chi connectivity index (χ0v) is 21.3. The number of hydrogen-bond donors (Lipinski definition) is 3. The van der Waals surface area contributed by atoms with Crippen molar-refractivity contribution in [3.8, 4) is 0 Å². The van der Waals surface area contributed by atoms with Crippen LogP contribution in [-0.4, -0.2) is 63.7 Å². The van der Waals surface area contributed by atoms with Crippen molar-refractivity contribution in [1.29, 1.82) is 0 Å². The number of unbranched alkanes of at least 4 members (excludes halogenated alkanes) is 3. The Balaban J connectivity index is 1.64. The van der Waals surface area contributed by atoms with Crippen LogP contribution in [0, 0.1) is 11.8 Å². The highest BCUT2D eigenvalue weighted by molar-refractivity contribution is 6.02. The van der Waals surface area contributed by atoms with Crippen LogP contribution >= 0.6 is 0 Å². The number of nitrogens with one attached hydrogen (secondary N) is 2. The van der Waals surface area contributed by atoms with Crippen molar-refractivity contribution in [2.75, 3.05) is 18.5 Å². The lowest BCUT2D eigenvalue weighted by atomic mass is 9.66. The van der Waals surface area contributed by atoms with Crippen LogP contribution in [0.25, 0.3) is 0 Å². The maximum Gasteiger partial charge on any atom is 0.246 e. The number of aliphatic hydroxyl groups excluding tert-OH is 1. The van der Waals surface area contributed by atoms with E-state index >= 15 is 0 Å². The molecule has 3 amide bonds. The second kappa shape index (κ2) is 9.54. The van der Waals surface area contributed by atoms with E-state index in [1.165, 1.54) is 0 Å². The van der Waals surface area contributed by atoms with Crippen molar-refractivity contribution in [2.24, 2.45) is 11.8 Å². The quantitative estimate of drug-likeness (QED) is 0.466. The molecule has 3 fully saturated rings. The Hall–Kier alpha value is -2.45. The Morgan fingerprint density at radius 2 is 1.77 bits per heavy atom. The summed E-state index contributed by atoms with van der Waals surface area (Å²) in [6.07, 6.45) is 4.35. The molecule has 4 rings (SSSR count). The second-order valence-corrected chi connectivity index (χ2v) is 11.5. The zero-order chi connectivity index (χ0) is 25.4. The molecule has 3 N–H and O–H groups in total. The monoisotopic (exact) mass is 485 g/mol. The SMILES string of the molecule is CC(C)(C)NC(=O)C1N(CCCCCCO)C(=O)[C@@H]2[C@@H](C(=O)Nc3ccccc3)[C@@]3(C)CCC12O3. The second-order valence-electron chi connectivity index (χ2n) is 11.5. The smallest absolute Gasteiger partial charge is 0.246 e. The lowest BCUT2D eigenvalue weighted by Crippen LogP contribution is -2.58. The van der Waals surface area contributed by atoms with Crippen LogP contribution in [0.3, 0.4) is 0 Å². The average Bonchev–Trinajstić information content (AvgIpc) is 3.34. The number of ether oxygens (including phenoxy) is 1. The third kappa shape index (κ3) is 4.70. The van der Waals surface area contributed by atoms with E-state index < -0.39 is 34.6 Å². The number of rotatable bonds is 9. The minimum absolute atomic E-state index is 0.148. The molecule has 1 aromatic rings. The predicted octanol–water partition coefficient (Wildman–Crippen LogP) is 2.86. The van der Waals surface area contributed by atoms with Gasteiger partial charge < -0.3 is 25.4 Å². The Morgan fingerprint density at radius 1 is 1.09 bits per heavy atom. The van der Waals surface area contributed by atoms with E-state index in [1.54, 1.807) is 4.90 Å². The first-order valence-electron chi connectivity index (χ1n) is 12.8. The number of para-hydroxylation sites is 1. The van der Waals surface area contributed by atoms with Gasteiger partial charge in [-0.25, -0.2) is 0 Å². The van der Waals surface area contributed by atoms with Gasteiger partial charge in [0.05, 0.1) is 17.4 Å². The molecule has 3 saturated heterocycles. The van der Waals surface area contributed by atoms with Gasteiger partial charge in [-0.2, -0.15) is 0 Å². The van der Waals surface area contributed by atoms with Crippen molar-refractivity contribution < 1.29 is 24.2 Å². The standard InChI is InChI=1S/C27H39N3O5/c1-25(2,3)29-23(33)21-27-15-14-26(4,35-27)19(22(32)28-18-12-8-7-9-13-18)20(27)24(34)30(21)16-10-5-6-11-17-31/h7-9,12-13,19-21,31H,5-6,10-11,14-17H2,1-4H3,(H,28,32)(H,29,33)/t19-,20-,21?,26+,27?/m0/s1.